The number of pyridine rings is 1. The summed E-state index contributed by atoms with van der Waals surface area (Å²) in [6.45, 7) is 6.58. The Kier molecular flexibility index (Phi) is 4.69. The van der Waals surface area contributed by atoms with Crippen LogP contribution in [0, 0.1) is 19.8 Å². The van der Waals surface area contributed by atoms with E-state index in [-0.39, 0.29) is 11.8 Å². The first-order valence-electron chi connectivity index (χ1n) is 8.75. The molecular weight excluding hydrogens is 350 g/mol. The summed E-state index contributed by atoms with van der Waals surface area (Å²) in [5.41, 5.74) is 3.08. The summed E-state index contributed by atoms with van der Waals surface area (Å²) in [4.78, 5) is 23.7. The summed E-state index contributed by atoms with van der Waals surface area (Å²) in [6.07, 6.45) is 3.33. The Morgan fingerprint density at radius 1 is 1.38 bits per heavy atom. The number of amides is 1. The summed E-state index contributed by atoms with van der Waals surface area (Å²) < 4.78 is 5.10. The zero-order valence-electron chi connectivity index (χ0n) is 14.9. The Balaban J connectivity index is 1.33. The van der Waals surface area contributed by atoms with Crippen LogP contribution in [0.2, 0.25) is 0 Å². The Labute approximate surface area is 155 Å². The standard InChI is InChI=1S/C18H21N5O2S/c1-11-16-7-14(8-19-18(16)25-22-11)21-17(24)13-3-5-23(6-4-13)9-15-10-26-12(2)20-15/h7-8,10,13H,3-6,9H2,1-2H3,(H,21,24). The lowest BCUT2D eigenvalue weighted by Gasteiger charge is -2.30. The summed E-state index contributed by atoms with van der Waals surface area (Å²) in [5, 5.41) is 10.9. The van der Waals surface area contributed by atoms with Crippen LogP contribution < -0.4 is 5.32 Å². The molecule has 26 heavy (non-hydrogen) atoms. The highest BCUT2D eigenvalue weighted by atomic mass is 32.1. The van der Waals surface area contributed by atoms with E-state index >= 15 is 0 Å². The number of rotatable bonds is 4. The van der Waals surface area contributed by atoms with Crippen LogP contribution in [0.5, 0.6) is 0 Å². The smallest absolute Gasteiger partial charge is 0.258 e. The highest BCUT2D eigenvalue weighted by Gasteiger charge is 2.25. The number of carbonyl (C=O) groups is 1. The molecule has 0 unspecified atom stereocenters. The zero-order valence-corrected chi connectivity index (χ0v) is 15.7. The van der Waals surface area contributed by atoms with Crippen molar-refractivity contribution in [3.8, 4) is 0 Å². The molecule has 7 nitrogen and oxygen atoms in total. The molecule has 4 heterocycles. The molecule has 3 aromatic heterocycles. The van der Waals surface area contributed by atoms with Crippen molar-refractivity contribution < 1.29 is 9.32 Å². The number of anilines is 1. The van der Waals surface area contributed by atoms with Crippen molar-refractivity contribution in [1.29, 1.82) is 0 Å². The first-order chi connectivity index (χ1) is 12.6. The van der Waals surface area contributed by atoms with Gasteiger partial charge in [-0.05, 0) is 45.8 Å². The number of nitrogens with one attached hydrogen (secondary N) is 1. The van der Waals surface area contributed by atoms with E-state index in [0.717, 1.165) is 54.3 Å². The largest absolute Gasteiger partial charge is 0.336 e. The molecule has 0 spiro atoms. The van der Waals surface area contributed by atoms with E-state index in [2.05, 4.69) is 30.7 Å². The van der Waals surface area contributed by atoms with Crippen molar-refractivity contribution in [3.63, 3.8) is 0 Å². The topological polar surface area (TPSA) is 84.2 Å². The molecular formula is C18H21N5O2S. The minimum atomic E-state index is 0.0303. The molecule has 3 aromatic rings. The summed E-state index contributed by atoms with van der Waals surface area (Å²) in [6, 6.07) is 1.87. The van der Waals surface area contributed by atoms with Gasteiger partial charge in [-0.3, -0.25) is 9.69 Å². The SMILES string of the molecule is Cc1nc(CN2CCC(C(=O)Nc3cnc4onc(C)c4c3)CC2)cs1. The monoisotopic (exact) mass is 371 g/mol. The second-order valence-corrected chi connectivity index (χ2v) is 7.80. The van der Waals surface area contributed by atoms with Gasteiger partial charge in [0.1, 0.15) is 0 Å². The Morgan fingerprint density at radius 2 is 2.19 bits per heavy atom. The maximum absolute atomic E-state index is 12.6. The molecule has 1 fully saturated rings. The number of carbonyl (C=O) groups excluding carboxylic acids is 1. The molecule has 1 N–H and O–H groups in total. The molecule has 0 aliphatic carbocycles. The first-order valence-corrected chi connectivity index (χ1v) is 9.63. The molecule has 136 valence electrons. The average Bonchev–Trinajstić information content (AvgIpc) is 3.21. The molecule has 0 saturated carbocycles. The third-order valence-corrected chi connectivity index (χ3v) is 5.61. The molecule has 4 rings (SSSR count). The Hall–Kier alpha value is -2.32. The molecule has 1 saturated heterocycles. The molecule has 1 aliphatic heterocycles. The fourth-order valence-corrected chi connectivity index (χ4v) is 3.92. The number of fused-ring (bicyclic) bond motifs is 1. The van der Waals surface area contributed by atoms with E-state index < -0.39 is 0 Å². The van der Waals surface area contributed by atoms with Gasteiger partial charge in [-0.25, -0.2) is 9.97 Å². The van der Waals surface area contributed by atoms with E-state index in [1.807, 2.05) is 19.9 Å². The first kappa shape index (κ1) is 17.1. The zero-order chi connectivity index (χ0) is 18.1. The van der Waals surface area contributed by atoms with Crippen LogP contribution in [-0.2, 0) is 11.3 Å². The highest BCUT2D eigenvalue weighted by molar-refractivity contribution is 7.09. The maximum Gasteiger partial charge on any atom is 0.258 e. The lowest BCUT2D eigenvalue weighted by molar-refractivity contribution is -0.121. The second-order valence-electron chi connectivity index (χ2n) is 6.74. The van der Waals surface area contributed by atoms with Crippen LogP contribution in [0.25, 0.3) is 11.1 Å². The number of thiazole rings is 1. The third-order valence-electron chi connectivity index (χ3n) is 4.79. The molecule has 1 aliphatic rings. The van der Waals surface area contributed by atoms with Crippen molar-refractivity contribution in [3.05, 3.63) is 34.0 Å². The quantitative estimate of drug-likeness (QED) is 0.758. The van der Waals surface area contributed by atoms with Gasteiger partial charge in [-0.2, -0.15) is 0 Å². The van der Waals surface area contributed by atoms with Crippen LogP contribution in [0.15, 0.2) is 22.2 Å². The second kappa shape index (κ2) is 7.13. The van der Waals surface area contributed by atoms with Gasteiger partial charge < -0.3 is 9.84 Å². The van der Waals surface area contributed by atoms with E-state index in [4.69, 9.17) is 4.52 Å². The lowest BCUT2D eigenvalue weighted by atomic mass is 9.95. The van der Waals surface area contributed by atoms with Gasteiger partial charge >= 0.3 is 0 Å². The van der Waals surface area contributed by atoms with Crippen LogP contribution in [0.1, 0.15) is 29.2 Å². The van der Waals surface area contributed by atoms with E-state index in [1.165, 1.54) is 0 Å². The van der Waals surface area contributed by atoms with Crippen molar-refractivity contribution in [2.75, 3.05) is 18.4 Å². The van der Waals surface area contributed by atoms with Gasteiger partial charge in [0.25, 0.3) is 5.71 Å². The van der Waals surface area contributed by atoms with Crippen molar-refractivity contribution >= 4 is 34.0 Å². The Bertz CT molecular complexity index is 927. The van der Waals surface area contributed by atoms with Crippen LogP contribution in [0.4, 0.5) is 5.69 Å². The predicted octanol–water partition coefficient (Wildman–Crippen LogP) is 3.15. The van der Waals surface area contributed by atoms with Gasteiger partial charge in [-0.15, -0.1) is 11.3 Å². The minimum absolute atomic E-state index is 0.0303. The van der Waals surface area contributed by atoms with Crippen molar-refractivity contribution in [2.45, 2.75) is 33.2 Å². The van der Waals surface area contributed by atoms with E-state index in [1.54, 1.807) is 17.5 Å². The number of hydrogen-bond acceptors (Lipinski definition) is 7. The van der Waals surface area contributed by atoms with Gasteiger partial charge in [0.05, 0.1) is 33.7 Å². The molecule has 0 aromatic carbocycles. The van der Waals surface area contributed by atoms with Gasteiger partial charge in [-0.1, -0.05) is 5.16 Å². The number of nitrogens with zero attached hydrogens (tertiary/aromatic N) is 4. The molecule has 8 heteroatoms. The summed E-state index contributed by atoms with van der Waals surface area (Å²) in [5.74, 6) is 0.0899. The highest BCUT2D eigenvalue weighted by Crippen LogP contribution is 2.23. The number of piperidine rings is 1. The summed E-state index contributed by atoms with van der Waals surface area (Å²) >= 11 is 1.68. The van der Waals surface area contributed by atoms with Crippen LogP contribution >= 0.6 is 11.3 Å². The fourth-order valence-electron chi connectivity index (χ4n) is 3.32. The Morgan fingerprint density at radius 3 is 2.92 bits per heavy atom. The van der Waals surface area contributed by atoms with Gasteiger partial charge in [0, 0.05) is 17.8 Å². The van der Waals surface area contributed by atoms with Gasteiger partial charge in [0.2, 0.25) is 5.91 Å². The number of aryl methyl sites for hydroxylation is 2. The van der Waals surface area contributed by atoms with Crippen LogP contribution in [-0.4, -0.2) is 39.0 Å². The number of hydrogen-bond donors (Lipinski definition) is 1. The normalized spacial score (nSPS) is 16.2. The molecule has 0 atom stereocenters. The van der Waals surface area contributed by atoms with Crippen molar-refractivity contribution in [1.82, 2.24) is 20.0 Å². The predicted molar refractivity (Wildman–Crippen MR) is 100 cm³/mol. The number of aromatic nitrogens is 3. The van der Waals surface area contributed by atoms with Gasteiger partial charge in [0.15, 0.2) is 0 Å². The lowest BCUT2D eigenvalue weighted by Crippen LogP contribution is -2.37. The van der Waals surface area contributed by atoms with E-state index in [0.29, 0.717) is 11.4 Å². The molecule has 0 radical (unpaired) electrons. The fraction of sp³-hybridized carbons (Fsp3) is 0.444. The van der Waals surface area contributed by atoms with E-state index in [9.17, 15) is 4.79 Å². The third kappa shape index (κ3) is 3.61. The minimum Gasteiger partial charge on any atom is -0.336 e. The average molecular weight is 371 g/mol. The molecule has 1 amide bonds. The summed E-state index contributed by atoms with van der Waals surface area (Å²) in [7, 11) is 0. The number of likely N-dealkylation sites (tertiary alicyclic amines) is 1. The molecule has 0 bridgehead atoms. The maximum atomic E-state index is 12.6. The van der Waals surface area contributed by atoms with Crippen LogP contribution in [0.3, 0.4) is 0 Å². The van der Waals surface area contributed by atoms with Crippen molar-refractivity contribution in [2.24, 2.45) is 5.92 Å².